The van der Waals surface area contributed by atoms with E-state index in [1.54, 1.807) is 36.4 Å². The summed E-state index contributed by atoms with van der Waals surface area (Å²) >= 11 is 0. The Morgan fingerprint density at radius 2 is 1.88 bits per heavy atom. The maximum absolute atomic E-state index is 11.5. The van der Waals surface area contributed by atoms with Gasteiger partial charge in [-0.05, 0) is 18.2 Å². The van der Waals surface area contributed by atoms with Gasteiger partial charge in [-0.25, -0.2) is 0 Å². The molecule has 0 N–H and O–H groups in total. The minimum absolute atomic E-state index is 0.0377. The van der Waals surface area contributed by atoms with Crippen LogP contribution in [0.3, 0.4) is 0 Å². The van der Waals surface area contributed by atoms with Crippen LogP contribution in [0.4, 0.5) is 0 Å². The Kier molecular flexibility index (Phi) is 4.24. The van der Waals surface area contributed by atoms with Crippen molar-refractivity contribution in [2.45, 2.75) is 0 Å². The molecule has 3 rings (SSSR count). The zero-order chi connectivity index (χ0) is 17.1. The summed E-state index contributed by atoms with van der Waals surface area (Å²) < 4.78 is 21.5. The monoisotopic (exact) mass is 329 g/mol. The number of nitro groups is 1. The topological polar surface area (TPSA) is 80.1 Å². The SMILES string of the molecule is COc1cc(C=C(c2ccccc2)[N+](=O)[O-])c(OC)c2c1OCO2. The van der Waals surface area contributed by atoms with Crippen LogP contribution in [0.15, 0.2) is 36.4 Å². The van der Waals surface area contributed by atoms with E-state index in [0.717, 1.165) is 0 Å². The first-order valence-electron chi connectivity index (χ1n) is 7.11. The third kappa shape index (κ3) is 2.71. The number of rotatable bonds is 5. The summed E-state index contributed by atoms with van der Waals surface area (Å²) in [6.45, 7) is 0.0377. The van der Waals surface area contributed by atoms with Gasteiger partial charge in [-0.15, -0.1) is 0 Å². The van der Waals surface area contributed by atoms with E-state index >= 15 is 0 Å². The van der Waals surface area contributed by atoms with Crippen molar-refractivity contribution in [1.29, 1.82) is 0 Å². The molecule has 2 aromatic carbocycles. The maximum atomic E-state index is 11.5. The van der Waals surface area contributed by atoms with Crippen molar-refractivity contribution in [2.24, 2.45) is 0 Å². The summed E-state index contributed by atoms with van der Waals surface area (Å²) in [5, 5.41) is 11.5. The summed E-state index contributed by atoms with van der Waals surface area (Å²) in [5.74, 6) is 1.58. The first-order chi connectivity index (χ1) is 11.7. The predicted molar refractivity (Wildman–Crippen MR) is 87.0 cm³/mol. The molecule has 0 saturated carbocycles. The van der Waals surface area contributed by atoms with Gasteiger partial charge in [0.05, 0.1) is 24.7 Å². The smallest absolute Gasteiger partial charge is 0.277 e. The lowest BCUT2D eigenvalue weighted by Gasteiger charge is -2.11. The van der Waals surface area contributed by atoms with Gasteiger partial charge in [-0.2, -0.15) is 0 Å². The molecule has 0 unspecified atom stereocenters. The average Bonchev–Trinajstić information content (AvgIpc) is 3.08. The first-order valence-corrected chi connectivity index (χ1v) is 7.11. The molecule has 1 aliphatic heterocycles. The lowest BCUT2D eigenvalue weighted by atomic mass is 10.1. The van der Waals surface area contributed by atoms with E-state index in [2.05, 4.69) is 0 Å². The molecule has 7 heteroatoms. The summed E-state index contributed by atoms with van der Waals surface area (Å²) in [6.07, 6.45) is 1.43. The van der Waals surface area contributed by atoms with Crippen LogP contribution in [0.2, 0.25) is 0 Å². The minimum atomic E-state index is -0.439. The normalized spacial score (nSPS) is 12.8. The lowest BCUT2D eigenvalue weighted by molar-refractivity contribution is -0.374. The molecule has 0 aliphatic carbocycles. The molecule has 2 aromatic rings. The van der Waals surface area contributed by atoms with Gasteiger partial charge in [-0.3, -0.25) is 10.1 Å². The highest BCUT2D eigenvalue weighted by Gasteiger charge is 2.27. The van der Waals surface area contributed by atoms with Crippen molar-refractivity contribution >= 4 is 11.8 Å². The zero-order valence-corrected chi connectivity index (χ0v) is 13.1. The van der Waals surface area contributed by atoms with Gasteiger partial charge < -0.3 is 18.9 Å². The molecule has 0 radical (unpaired) electrons. The number of benzene rings is 2. The highest BCUT2D eigenvalue weighted by Crippen LogP contribution is 2.50. The van der Waals surface area contributed by atoms with Crippen molar-refractivity contribution in [1.82, 2.24) is 0 Å². The fourth-order valence-corrected chi connectivity index (χ4v) is 2.50. The van der Waals surface area contributed by atoms with Gasteiger partial charge in [0.15, 0.2) is 11.5 Å². The second kappa shape index (κ2) is 6.49. The van der Waals surface area contributed by atoms with Gasteiger partial charge in [0.2, 0.25) is 18.3 Å². The fraction of sp³-hybridized carbons (Fsp3) is 0.176. The molecule has 24 heavy (non-hydrogen) atoms. The standard InChI is InChI=1S/C17H15NO6/c1-21-14-9-12(15(22-2)17-16(14)23-10-24-17)8-13(18(19)20)11-6-4-3-5-7-11/h3-9H,10H2,1-2H3. The average molecular weight is 329 g/mol. The number of hydrogen-bond donors (Lipinski definition) is 0. The maximum Gasteiger partial charge on any atom is 0.277 e. The summed E-state index contributed by atoms with van der Waals surface area (Å²) in [7, 11) is 2.96. The van der Waals surface area contributed by atoms with Gasteiger partial charge in [0.25, 0.3) is 5.70 Å². The van der Waals surface area contributed by atoms with E-state index < -0.39 is 4.92 Å². The van der Waals surface area contributed by atoms with Crippen molar-refractivity contribution < 1.29 is 23.9 Å². The molecule has 1 heterocycles. The van der Waals surface area contributed by atoms with Crippen LogP contribution in [0.5, 0.6) is 23.0 Å². The molecule has 0 bridgehead atoms. The minimum Gasteiger partial charge on any atom is -0.493 e. The molecule has 0 saturated heterocycles. The van der Waals surface area contributed by atoms with Gasteiger partial charge in [0.1, 0.15) is 0 Å². The van der Waals surface area contributed by atoms with Crippen LogP contribution in [-0.2, 0) is 0 Å². The quantitative estimate of drug-likeness (QED) is 0.476. The molecule has 0 aromatic heterocycles. The van der Waals surface area contributed by atoms with Gasteiger partial charge >= 0.3 is 0 Å². The Balaban J connectivity index is 2.19. The third-order valence-corrected chi connectivity index (χ3v) is 3.57. The number of fused-ring (bicyclic) bond motifs is 1. The molecular formula is C17H15NO6. The highest BCUT2D eigenvalue weighted by atomic mass is 16.7. The van der Waals surface area contributed by atoms with Crippen molar-refractivity contribution in [2.75, 3.05) is 21.0 Å². The van der Waals surface area contributed by atoms with Crippen LogP contribution >= 0.6 is 0 Å². The van der Waals surface area contributed by atoms with E-state index in [-0.39, 0.29) is 12.5 Å². The van der Waals surface area contributed by atoms with Crippen LogP contribution < -0.4 is 18.9 Å². The largest absolute Gasteiger partial charge is 0.493 e. The number of ether oxygens (including phenoxy) is 4. The van der Waals surface area contributed by atoms with Crippen molar-refractivity contribution in [3.63, 3.8) is 0 Å². The Labute approximate surface area is 138 Å². The molecule has 0 amide bonds. The fourth-order valence-electron chi connectivity index (χ4n) is 2.50. The summed E-state index contributed by atoms with van der Waals surface area (Å²) in [4.78, 5) is 11.1. The molecule has 124 valence electrons. The van der Waals surface area contributed by atoms with Crippen molar-refractivity contribution in [3.8, 4) is 23.0 Å². The van der Waals surface area contributed by atoms with E-state index in [0.29, 0.717) is 34.1 Å². The van der Waals surface area contributed by atoms with Gasteiger partial charge in [-0.1, -0.05) is 18.2 Å². The Morgan fingerprint density at radius 1 is 1.17 bits per heavy atom. The lowest BCUT2D eigenvalue weighted by Crippen LogP contribution is -1.99. The zero-order valence-electron chi connectivity index (χ0n) is 13.1. The number of nitrogens with zero attached hydrogens (tertiary/aromatic N) is 1. The van der Waals surface area contributed by atoms with Crippen LogP contribution in [0.1, 0.15) is 11.1 Å². The molecular weight excluding hydrogens is 314 g/mol. The third-order valence-electron chi connectivity index (χ3n) is 3.57. The second-order valence-corrected chi connectivity index (χ2v) is 4.92. The van der Waals surface area contributed by atoms with Gasteiger partial charge in [0, 0.05) is 11.6 Å². The Bertz CT molecular complexity index is 800. The van der Waals surface area contributed by atoms with E-state index in [1.165, 1.54) is 20.3 Å². The molecule has 0 fully saturated rings. The van der Waals surface area contributed by atoms with E-state index in [4.69, 9.17) is 18.9 Å². The Hall–Kier alpha value is -3.22. The van der Waals surface area contributed by atoms with Crippen molar-refractivity contribution in [3.05, 3.63) is 57.6 Å². The predicted octanol–water partition coefficient (Wildman–Crippen LogP) is 3.21. The van der Waals surface area contributed by atoms with E-state index in [9.17, 15) is 10.1 Å². The van der Waals surface area contributed by atoms with Crippen LogP contribution in [0.25, 0.3) is 11.8 Å². The number of hydrogen-bond acceptors (Lipinski definition) is 6. The van der Waals surface area contributed by atoms with Crippen LogP contribution in [-0.4, -0.2) is 25.9 Å². The Morgan fingerprint density at radius 3 is 2.50 bits per heavy atom. The molecule has 1 aliphatic rings. The molecule has 0 spiro atoms. The highest BCUT2D eigenvalue weighted by molar-refractivity contribution is 5.82. The molecule has 7 nitrogen and oxygen atoms in total. The summed E-state index contributed by atoms with van der Waals surface area (Å²) in [5.41, 5.74) is 0.894. The first kappa shape index (κ1) is 15.7. The molecule has 0 atom stereocenters. The van der Waals surface area contributed by atoms with Crippen LogP contribution in [0, 0.1) is 10.1 Å². The number of methoxy groups -OCH3 is 2. The second-order valence-electron chi connectivity index (χ2n) is 4.92. The van der Waals surface area contributed by atoms with E-state index in [1.807, 2.05) is 0 Å². The summed E-state index contributed by atoms with van der Waals surface area (Å²) in [6, 6.07) is 10.2.